The normalized spacial score (nSPS) is 14.7. The number of methoxy groups -OCH3 is 2. The second-order valence-electron chi connectivity index (χ2n) is 8.12. The van der Waals surface area contributed by atoms with Gasteiger partial charge < -0.3 is 14.8 Å². The van der Waals surface area contributed by atoms with Crippen LogP contribution in [0.4, 0.5) is 4.39 Å². The summed E-state index contributed by atoms with van der Waals surface area (Å²) in [7, 11) is -1.13. The molecule has 34 heavy (non-hydrogen) atoms. The molecule has 1 amide bonds. The maximum Gasteiger partial charge on any atom is 0.241 e. The van der Waals surface area contributed by atoms with Crippen LogP contribution in [-0.4, -0.2) is 35.1 Å². The van der Waals surface area contributed by atoms with E-state index in [9.17, 15) is 17.6 Å². The summed E-state index contributed by atoms with van der Waals surface area (Å²) >= 11 is 0. The molecule has 0 radical (unpaired) electrons. The van der Waals surface area contributed by atoms with E-state index in [4.69, 9.17) is 9.47 Å². The fourth-order valence-electron chi connectivity index (χ4n) is 4.02. The molecule has 0 saturated heterocycles. The van der Waals surface area contributed by atoms with Crippen molar-refractivity contribution in [2.24, 2.45) is 0 Å². The molecule has 184 valence electrons. The molecule has 0 bridgehead atoms. The maximum absolute atomic E-state index is 13.3. The van der Waals surface area contributed by atoms with E-state index >= 15 is 0 Å². The third-order valence-electron chi connectivity index (χ3n) is 5.77. The lowest BCUT2D eigenvalue weighted by Gasteiger charge is -2.22. The SMILES string of the molecule is COc1cccc(C(CC(=O)NCCC2=CCCCC2)NS(=O)(=O)c2ccc(F)cc2)c1OC. The van der Waals surface area contributed by atoms with Crippen LogP contribution in [0.2, 0.25) is 0 Å². The molecule has 0 fully saturated rings. The van der Waals surface area contributed by atoms with E-state index < -0.39 is 21.9 Å². The Morgan fingerprint density at radius 1 is 1.09 bits per heavy atom. The lowest BCUT2D eigenvalue weighted by Crippen LogP contribution is -2.34. The highest BCUT2D eigenvalue weighted by Crippen LogP contribution is 2.36. The summed E-state index contributed by atoms with van der Waals surface area (Å²) in [6, 6.07) is 8.62. The lowest BCUT2D eigenvalue weighted by atomic mass is 9.97. The van der Waals surface area contributed by atoms with Gasteiger partial charge in [0, 0.05) is 18.5 Å². The highest BCUT2D eigenvalue weighted by Gasteiger charge is 2.27. The lowest BCUT2D eigenvalue weighted by molar-refractivity contribution is -0.121. The van der Waals surface area contributed by atoms with Gasteiger partial charge in [0.15, 0.2) is 11.5 Å². The highest BCUT2D eigenvalue weighted by atomic mass is 32.2. The molecule has 0 aromatic heterocycles. The Labute approximate surface area is 200 Å². The molecule has 0 heterocycles. The standard InChI is InChI=1S/C25H31FN2O5S/c1-32-23-10-6-9-21(25(23)33-2)22(28-34(30,31)20-13-11-19(26)12-14-20)17-24(29)27-16-15-18-7-4-3-5-8-18/h6-7,9-14,22,28H,3-5,8,15-17H2,1-2H3,(H,27,29). The summed E-state index contributed by atoms with van der Waals surface area (Å²) in [6.07, 6.45) is 7.36. The number of nitrogens with one attached hydrogen (secondary N) is 2. The molecule has 3 rings (SSSR count). The van der Waals surface area contributed by atoms with Gasteiger partial charge in [-0.2, -0.15) is 0 Å². The molecule has 0 spiro atoms. The minimum absolute atomic E-state index is 0.106. The first-order valence-corrected chi connectivity index (χ1v) is 12.8. The highest BCUT2D eigenvalue weighted by molar-refractivity contribution is 7.89. The molecular weight excluding hydrogens is 459 g/mol. The fraction of sp³-hybridized carbons (Fsp3) is 0.400. The Hall–Kier alpha value is -2.91. The Balaban J connectivity index is 1.81. The summed E-state index contributed by atoms with van der Waals surface area (Å²) in [5.74, 6) is -0.0990. The smallest absolute Gasteiger partial charge is 0.241 e. The third-order valence-corrected chi connectivity index (χ3v) is 7.26. The molecule has 1 atom stereocenters. The van der Waals surface area contributed by atoms with Crippen LogP contribution in [-0.2, 0) is 14.8 Å². The van der Waals surface area contributed by atoms with Gasteiger partial charge in [-0.15, -0.1) is 0 Å². The van der Waals surface area contributed by atoms with E-state index in [0.717, 1.165) is 31.4 Å². The number of benzene rings is 2. The molecule has 9 heteroatoms. The summed E-state index contributed by atoms with van der Waals surface area (Å²) in [6.45, 7) is 0.483. The number of carbonyl (C=O) groups excluding carboxylic acids is 1. The van der Waals surface area contributed by atoms with Gasteiger partial charge in [0.2, 0.25) is 15.9 Å². The van der Waals surface area contributed by atoms with Crippen molar-refractivity contribution >= 4 is 15.9 Å². The first-order chi connectivity index (χ1) is 16.3. The van der Waals surface area contributed by atoms with Crippen LogP contribution in [0.1, 0.15) is 50.1 Å². The van der Waals surface area contributed by atoms with Crippen molar-refractivity contribution in [3.05, 3.63) is 65.5 Å². The van der Waals surface area contributed by atoms with E-state index in [1.54, 1.807) is 18.2 Å². The van der Waals surface area contributed by atoms with Crippen LogP contribution in [0.25, 0.3) is 0 Å². The number of carbonyl (C=O) groups is 1. The van der Waals surface area contributed by atoms with Crippen LogP contribution in [0.15, 0.2) is 59.0 Å². The minimum Gasteiger partial charge on any atom is -0.493 e. The summed E-state index contributed by atoms with van der Waals surface area (Å²) < 4.78 is 52.8. The van der Waals surface area contributed by atoms with Crippen LogP contribution < -0.4 is 19.5 Å². The van der Waals surface area contributed by atoms with Crippen molar-refractivity contribution < 1.29 is 27.1 Å². The third kappa shape index (κ3) is 6.80. The van der Waals surface area contributed by atoms with E-state index in [1.165, 1.54) is 44.8 Å². The van der Waals surface area contributed by atoms with Crippen molar-refractivity contribution in [1.29, 1.82) is 0 Å². The number of hydrogen-bond acceptors (Lipinski definition) is 5. The molecule has 2 aromatic carbocycles. The first kappa shape index (κ1) is 25.7. The maximum atomic E-state index is 13.3. The molecular formula is C25H31FN2O5S. The number of allylic oxidation sites excluding steroid dienone is 1. The van der Waals surface area contributed by atoms with Gasteiger partial charge in [0.1, 0.15) is 5.82 Å². The monoisotopic (exact) mass is 490 g/mol. The van der Waals surface area contributed by atoms with Crippen LogP contribution >= 0.6 is 0 Å². The van der Waals surface area contributed by atoms with E-state index in [1.807, 2.05) is 0 Å². The van der Waals surface area contributed by atoms with Crippen LogP contribution in [0.3, 0.4) is 0 Å². The van der Waals surface area contributed by atoms with Crippen molar-refractivity contribution in [3.63, 3.8) is 0 Å². The zero-order valence-corrected chi connectivity index (χ0v) is 20.3. The van der Waals surface area contributed by atoms with Crippen LogP contribution in [0.5, 0.6) is 11.5 Å². The fourth-order valence-corrected chi connectivity index (χ4v) is 5.24. The van der Waals surface area contributed by atoms with Crippen molar-refractivity contribution in [2.45, 2.75) is 49.5 Å². The summed E-state index contributed by atoms with van der Waals surface area (Å²) in [5.41, 5.74) is 1.80. The number of sulfonamides is 1. The molecule has 2 N–H and O–H groups in total. The van der Waals surface area contributed by atoms with Gasteiger partial charge in [-0.25, -0.2) is 17.5 Å². The molecule has 1 aliphatic carbocycles. The predicted octanol–water partition coefficient (Wildman–Crippen LogP) is 4.26. The van der Waals surface area contributed by atoms with E-state index in [2.05, 4.69) is 16.1 Å². The van der Waals surface area contributed by atoms with E-state index in [0.29, 0.717) is 23.6 Å². The molecule has 0 aliphatic heterocycles. The van der Waals surface area contributed by atoms with Gasteiger partial charge in [-0.05, 0) is 62.4 Å². The molecule has 2 aromatic rings. The van der Waals surface area contributed by atoms with E-state index in [-0.39, 0.29) is 17.2 Å². The number of ether oxygens (including phenoxy) is 2. The Bertz CT molecular complexity index is 1120. The average Bonchev–Trinajstić information content (AvgIpc) is 2.83. The Morgan fingerprint density at radius 2 is 1.85 bits per heavy atom. The topological polar surface area (TPSA) is 93.7 Å². The van der Waals surface area contributed by atoms with Gasteiger partial charge >= 0.3 is 0 Å². The molecule has 0 saturated carbocycles. The zero-order valence-electron chi connectivity index (χ0n) is 19.5. The van der Waals surface area contributed by atoms with Gasteiger partial charge in [-0.1, -0.05) is 23.8 Å². The first-order valence-electron chi connectivity index (χ1n) is 11.3. The summed E-state index contributed by atoms with van der Waals surface area (Å²) in [4.78, 5) is 12.7. The summed E-state index contributed by atoms with van der Waals surface area (Å²) in [5, 5.41) is 2.89. The van der Waals surface area contributed by atoms with Gasteiger partial charge in [-0.3, -0.25) is 4.79 Å². The number of halogens is 1. The van der Waals surface area contributed by atoms with Crippen molar-refractivity contribution in [3.8, 4) is 11.5 Å². The van der Waals surface area contributed by atoms with Crippen molar-refractivity contribution in [1.82, 2.24) is 10.0 Å². The molecule has 7 nitrogen and oxygen atoms in total. The number of hydrogen-bond donors (Lipinski definition) is 2. The van der Waals surface area contributed by atoms with Gasteiger partial charge in [0.25, 0.3) is 0 Å². The predicted molar refractivity (Wildman–Crippen MR) is 128 cm³/mol. The second kappa shape index (κ2) is 12.0. The average molecular weight is 491 g/mol. The second-order valence-corrected chi connectivity index (χ2v) is 9.84. The Morgan fingerprint density at radius 3 is 2.50 bits per heavy atom. The molecule has 1 unspecified atom stereocenters. The van der Waals surface area contributed by atoms with Crippen molar-refractivity contribution in [2.75, 3.05) is 20.8 Å². The molecule has 1 aliphatic rings. The number of rotatable bonds is 11. The van der Waals surface area contributed by atoms with Crippen LogP contribution in [0, 0.1) is 5.82 Å². The Kier molecular flexibility index (Phi) is 9.06. The largest absolute Gasteiger partial charge is 0.493 e. The van der Waals surface area contributed by atoms with Gasteiger partial charge in [0.05, 0.1) is 25.2 Å². The minimum atomic E-state index is -4.05. The zero-order chi connectivity index (χ0) is 24.6. The number of para-hydroxylation sites is 1. The quantitative estimate of drug-likeness (QED) is 0.459. The number of amides is 1.